The zero-order chi connectivity index (χ0) is 13.5. The number of nitrogens with zero attached hydrogens (tertiary/aromatic N) is 5. The topological polar surface area (TPSA) is 98.7 Å². The Hall–Kier alpha value is -2.55. The molecule has 0 atom stereocenters. The summed E-state index contributed by atoms with van der Waals surface area (Å²) in [5.74, 6) is 0.440. The Balaban J connectivity index is 1.79. The van der Waals surface area contributed by atoms with Crippen LogP contribution in [0.5, 0.6) is 0 Å². The molecule has 1 aliphatic heterocycles. The molecule has 0 saturated heterocycles. The molecule has 9 heteroatoms. The first kappa shape index (κ1) is 11.3. The highest BCUT2D eigenvalue weighted by molar-refractivity contribution is 7.08. The number of nitrogens with one attached hydrogen (secondary N) is 1. The molecule has 0 radical (unpaired) electrons. The van der Waals surface area contributed by atoms with Gasteiger partial charge in [0.1, 0.15) is 0 Å². The van der Waals surface area contributed by atoms with Gasteiger partial charge < -0.3 is 9.84 Å². The number of hydrogen-bond donors (Lipinski definition) is 1. The summed E-state index contributed by atoms with van der Waals surface area (Å²) >= 11 is 1.55. The predicted molar refractivity (Wildman–Crippen MR) is 69.0 cm³/mol. The van der Waals surface area contributed by atoms with Gasteiger partial charge >= 0.3 is 0 Å². The lowest BCUT2D eigenvalue weighted by atomic mass is 10.2. The van der Waals surface area contributed by atoms with E-state index in [1.165, 1.54) is 0 Å². The SMILES string of the molecule is O=C1NCCn2nnc(-c3nc(-c4ccsc4)no3)c21. The van der Waals surface area contributed by atoms with E-state index >= 15 is 0 Å². The molecule has 0 bridgehead atoms. The van der Waals surface area contributed by atoms with Gasteiger partial charge in [-0.3, -0.25) is 4.79 Å². The van der Waals surface area contributed by atoms with E-state index in [-0.39, 0.29) is 11.8 Å². The summed E-state index contributed by atoms with van der Waals surface area (Å²) in [4.78, 5) is 16.1. The van der Waals surface area contributed by atoms with Crippen LogP contribution in [0.2, 0.25) is 0 Å². The van der Waals surface area contributed by atoms with E-state index in [1.54, 1.807) is 16.0 Å². The third-order valence-corrected chi connectivity index (χ3v) is 3.65. The average molecular weight is 288 g/mol. The van der Waals surface area contributed by atoms with Gasteiger partial charge in [0.2, 0.25) is 5.82 Å². The largest absolute Gasteiger partial charge is 0.349 e. The minimum Gasteiger partial charge on any atom is -0.349 e. The lowest BCUT2D eigenvalue weighted by Crippen LogP contribution is -2.35. The van der Waals surface area contributed by atoms with Crippen molar-refractivity contribution < 1.29 is 9.32 Å². The number of thiophene rings is 1. The van der Waals surface area contributed by atoms with Crippen molar-refractivity contribution in [1.29, 1.82) is 0 Å². The van der Waals surface area contributed by atoms with E-state index < -0.39 is 0 Å². The molecule has 3 aromatic rings. The average Bonchev–Trinajstić information content (AvgIpc) is 3.18. The van der Waals surface area contributed by atoms with Gasteiger partial charge in [0.25, 0.3) is 11.8 Å². The van der Waals surface area contributed by atoms with Crippen molar-refractivity contribution in [2.75, 3.05) is 6.54 Å². The number of carbonyl (C=O) groups is 1. The van der Waals surface area contributed by atoms with Gasteiger partial charge in [-0.2, -0.15) is 16.3 Å². The molecule has 100 valence electrons. The van der Waals surface area contributed by atoms with Crippen LogP contribution in [0, 0.1) is 0 Å². The summed E-state index contributed by atoms with van der Waals surface area (Å²) in [6.45, 7) is 1.12. The van der Waals surface area contributed by atoms with Crippen LogP contribution >= 0.6 is 11.3 Å². The Labute approximate surface area is 116 Å². The molecule has 0 fully saturated rings. The van der Waals surface area contributed by atoms with Crippen LogP contribution in [0.15, 0.2) is 21.3 Å². The molecule has 1 amide bonds. The summed E-state index contributed by atoms with van der Waals surface area (Å²) in [7, 11) is 0. The molecular weight excluding hydrogens is 280 g/mol. The molecule has 0 spiro atoms. The second-order valence-electron chi connectivity index (χ2n) is 4.20. The first-order valence-corrected chi connectivity index (χ1v) is 6.85. The Bertz CT molecular complexity index is 775. The Kier molecular flexibility index (Phi) is 2.39. The Morgan fingerprint density at radius 3 is 3.25 bits per heavy atom. The fourth-order valence-electron chi connectivity index (χ4n) is 2.03. The molecule has 4 rings (SSSR count). The third-order valence-electron chi connectivity index (χ3n) is 2.97. The fourth-order valence-corrected chi connectivity index (χ4v) is 2.66. The summed E-state index contributed by atoms with van der Waals surface area (Å²) in [6, 6.07) is 1.90. The lowest BCUT2D eigenvalue weighted by Gasteiger charge is -2.12. The maximum atomic E-state index is 11.9. The third kappa shape index (κ3) is 1.63. The van der Waals surface area contributed by atoms with Crippen molar-refractivity contribution >= 4 is 17.2 Å². The summed E-state index contributed by atoms with van der Waals surface area (Å²) in [5, 5.41) is 18.4. The van der Waals surface area contributed by atoms with E-state index in [0.29, 0.717) is 30.3 Å². The minimum absolute atomic E-state index is 0.199. The van der Waals surface area contributed by atoms with Crippen molar-refractivity contribution in [1.82, 2.24) is 30.5 Å². The van der Waals surface area contributed by atoms with Gasteiger partial charge in [-0.05, 0) is 11.4 Å². The number of hydrogen-bond acceptors (Lipinski definition) is 7. The molecule has 0 aliphatic carbocycles. The van der Waals surface area contributed by atoms with Gasteiger partial charge in [-0.15, -0.1) is 5.10 Å². The summed E-state index contributed by atoms with van der Waals surface area (Å²) < 4.78 is 6.74. The van der Waals surface area contributed by atoms with Gasteiger partial charge in [-0.1, -0.05) is 10.4 Å². The van der Waals surface area contributed by atoms with Crippen LogP contribution in [0.4, 0.5) is 0 Å². The molecule has 20 heavy (non-hydrogen) atoms. The normalized spacial score (nSPS) is 14.1. The number of aromatic nitrogens is 5. The van der Waals surface area contributed by atoms with Crippen LogP contribution in [0.1, 0.15) is 10.5 Å². The van der Waals surface area contributed by atoms with E-state index in [4.69, 9.17) is 4.52 Å². The molecule has 1 aliphatic rings. The van der Waals surface area contributed by atoms with Crippen LogP contribution < -0.4 is 5.32 Å². The maximum Gasteiger partial charge on any atom is 0.281 e. The van der Waals surface area contributed by atoms with Crippen LogP contribution in [-0.4, -0.2) is 37.6 Å². The zero-order valence-electron chi connectivity index (χ0n) is 10.1. The van der Waals surface area contributed by atoms with E-state index in [9.17, 15) is 4.79 Å². The molecule has 3 aromatic heterocycles. The summed E-state index contributed by atoms with van der Waals surface area (Å²) in [6.07, 6.45) is 0. The van der Waals surface area contributed by atoms with E-state index in [2.05, 4.69) is 25.8 Å². The molecule has 8 nitrogen and oxygen atoms in total. The van der Waals surface area contributed by atoms with Crippen molar-refractivity contribution in [3.63, 3.8) is 0 Å². The quantitative estimate of drug-likeness (QED) is 0.749. The van der Waals surface area contributed by atoms with Gasteiger partial charge in [0.05, 0.1) is 6.54 Å². The minimum atomic E-state index is -0.230. The number of carbonyl (C=O) groups excluding carboxylic acids is 1. The molecule has 4 heterocycles. The van der Waals surface area contributed by atoms with Crippen molar-refractivity contribution in [2.45, 2.75) is 6.54 Å². The van der Waals surface area contributed by atoms with Gasteiger partial charge in [-0.25, -0.2) is 4.68 Å². The first-order chi connectivity index (χ1) is 9.83. The van der Waals surface area contributed by atoms with Crippen LogP contribution in [0.25, 0.3) is 23.0 Å². The maximum absolute atomic E-state index is 11.9. The molecule has 0 saturated carbocycles. The van der Waals surface area contributed by atoms with E-state index in [1.807, 2.05) is 16.8 Å². The standard InChI is InChI=1S/C11H8N6O2S/c18-10-8-7(14-16-17(8)3-2-12-10)11-13-9(15-19-11)6-1-4-20-5-6/h1,4-5H,2-3H2,(H,12,18). The number of rotatable bonds is 2. The van der Waals surface area contributed by atoms with Gasteiger partial charge in [0.15, 0.2) is 11.4 Å². The second kappa shape index (κ2) is 4.23. The van der Waals surface area contributed by atoms with Gasteiger partial charge in [0, 0.05) is 17.5 Å². The van der Waals surface area contributed by atoms with E-state index in [0.717, 1.165) is 5.56 Å². The fraction of sp³-hybridized carbons (Fsp3) is 0.182. The smallest absolute Gasteiger partial charge is 0.281 e. The van der Waals surface area contributed by atoms with Crippen molar-refractivity contribution in [2.24, 2.45) is 0 Å². The highest BCUT2D eigenvalue weighted by Crippen LogP contribution is 2.25. The molecular formula is C11H8N6O2S. The lowest BCUT2D eigenvalue weighted by molar-refractivity contribution is 0.0924. The highest BCUT2D eigenvalue weighted by atomic mass is 32.1. The van der Waals surface area contributed by atoms with Crippen molar-refractivity contribution in [3.8, 4) is 23.0 Å². The Morgan fingerprint density at radius 1 is 1.45 bits per heavy atom. The van der Waals surface area contributed by atoms with Crippen LogP contribution in [0.3, 0.4) is 0 Å². The summed E-state index contributed by atoms with van der Waals surface area (Å²) in [5.41, 5.74) is 1.54. The number of fused-ring (bicyclic) bond motifs is 1. The first-order valence-electron chi connectivity index (χ1n) is 5.91. The molecule has 0 unspecified atom stereocenters. The highest BCUT2D eigenvalue weighted by Gasteiger charge is 2.28. The predicted octanol–water partition coefficient (Wildman–Crippen LogP) is 0.800. The monoisotopic (exact) mass is 288 g/mol. The van der Waals surface area contributed by atoms with Crippen molar-refractivity contribution in [3.05, 3.63) is 22.5 Å². The molecule has 0 aromatic carbocycles. The zero-order valence-corrected chi connectivity index (χ0v) is 10.9. The Morgan fingerprint density at radius 2 is 2.40 bits per heavy atom. The van der Waals surface area contributed by atoms with Crippen LogP contribution in [-0.2, 0) is 6.54 Å². The number of amides is 1. The second-order valence-corrected chi connectivity index (χ2v) is 4.98. The molecule has 1 N–H and O–H groups in total.